The summed E-state index contributed by atoms with van der Waals surface area (Å²) in [5.41, 5.74) is 0.981. The number of amides is 1. The van der Waals surface area contributed by atoms with Crippen molar-refractivity contribution in [2.45, 2.75) is 6.42 Å². The van der Waals surface area contributed by atoms with Gasteiger partial charge in [0.15, 0.2) is 0 Å². The third kappa shape index (κ3) is 6.98. The van der Waals surface area contributed by atoms with Crippen molar-refractivity contribution >= 4 is 15.9 Å². The Balaban J connectivity index is 2.49. The van der Waals surface area contributed by atoms with Crippen LogP contribution in [0.1, 0.15) is 5.56 Å². The summed E-state index contributed by atoms with van der Waals surface area (Å²) in [6.45, 7) is 0.575. The molecule has 0 aliphatic heterocycles. The van der Waals surface area contributed by atoms with Crippen LogP contribution in [0.5, 0.6) is 5.75 Å². The summed E-state index contributed by atoms with van der Waals surface area (Å²) in [6.07, 6.45) is 1.68. The summed E-state index contributed by atoms with van der Waals surface area (Å²) in [5.74, 6) is 0.418. The molecule has 0 aliphatic carbocycles. The Morgan fingerprint density at radius 1 is 1.26 bits per heavy atom. The van der Waals surface area contributed by atoms with Gasteiger partial charge in [-0.3, -0.25) is 4.79 Å². The number of sulfonamides is 1. The first-order valence-electron chi connectivity index (χ1n) is 7.21. The average Bonchev–Trinajstić information content (AvgIpc) is 2.50. The number of methoxy groups -OCH3 is 2. The molecular weight excluding hydrogens is 320 g/mol. The standard InChI is InChI=1S/C15H24N2O5S/c1-21-11-10-17(23(3,19)20)12-15(18)16-9-8-13-6-4-5-7-14(13)22-2/h4-7H,8-12H2,1-3H3,(H,16,18). The van der Waals surface area contributed by atoms with E-state index in [1.165, 1.54) is 7.11 Å². The Morgan fingerprint density at radius 3 is 2.57 bits per heavy atom. The molecule has 0 bridgehead atoms. The zero-order valence-corrected chi connectivity index (χ0v) is 14.6. The van der Waals surface area contributed by atoms with E-state index in [4.69, 9.17) is 9.47 Å². The van der Waals surface area contributed by atoms with Crippen LogP contribution in [-0.2, 0) is 26.0 Å². The van der Waals surface area contributed by atoms with Gasteiger partial charge in [0.2, 0.25) is 15.9 Å². The molecule has 1 rings (SSSR count). The minimum Gasteiger partial charge on any atom is -0.496 e. The second-order valence-corrected chi connectivity index (χ2v) is 6.98. The maximum Gasteiger partial charge on any atom is 0.235 e. The Labute approximate surface area is 137 Å². The fraction of sp³-hybridized carbons (Fsp3) is 0.533. The molecule has 0 aliphatic rings. The molecule has 8 heteroatoms. The molecule has 1 aromatic rings. The summed E-state index contributed by atoms with van der Waals surface area (Å²) in [6, 6.07) is 7.55. The molecule has 0 radical (unpaired) electrons. The maximum atomic E-state index is 11.9. The van der Waals surface area contributed by atoms with Crippen molar-refractivity contribution in [3.63, 3.8) is 0 Å². The van der Waals surface area contributed by atoms with Crippen molar-refractivity contribution in [2.75, 3.05) is 46.7 Å². The predicted molar refractivity (Wildman–Crippen MR) is 88.0 cm³/mol. The van der Waals surface area contributed by atoms with Crippen LogP contribution in [0.4, 0.5) is 0 Å². The van der Waals surface area contributed by atoms with E-state index in [0.717, 1.165) is 21.9 Å². The van der Waals surface area contributed by atoms with Gasteiger partial charge in [0.05, 0.1) is 26.5 Å². The Bertz CT molecular complexity index is 604. The normalized spacial score (nSPS) is 11.5. The van der Waals surface area contributed by atoms with E-state index in [0.29, 0.717) is 13.0 Å². The maximum absolute atomic E-state index is 11.9. The lowest BCUT2D eigenvalue weighted by Gasteiger charge is -2.19. The van der Waals surface area contributed by atoms with Gasteiger partial charge < -0.3 is 14.8 Å². The highest BCUT2D eigenvalue weighted by Gasteiger charge is 2.19. The fourth-order valence-corrected chi connectivity index (χ4v) is 2.78. The predicted octanol–water partition coefficient (Wildman–Crippen LogP) is 0.262. The van der Waals surface area contributed by atoms with Crippen LogP contribution < -0.4 is 10.1 Å². The number of nitrogens with one attached hydrogen (secondary N) is 1. The third-order valence-electron chi connectivity index (χ3n) is 3.24. The zero-order valence-electron chi connectivity index (χ0n) is 13.7. The van der Waals surface area contributed by atoms with E-state index in [-0.39, 0.29) is 25.6 Å². The number of rotatable bonds is 10. The molecular formula is C15H24N2O5S. The van der Waals surface area contributed by atoms with Gasteiger partial charge in [-0.25, -0.2) is 8.42 Å². The topological polar surface area (TPSA) is 84.9 Å². The second-order valence-electron chi connectivity index (χ2n) is 5.00. The summed E-state index contributed by atoms with van der Waals surface area (Å²) in [5, 5.41) is 2.72. The number of ether oxygens (including phenoxy) is 2. The second kappa shape index (κ2) is 9.49. The van der Waals surface area contributed by atoms with Crippen LogP contribution in [0.25, 0.3) is 0 Å². The highest BCUT2D eigenvalue weighted by Crippen LogP contribution is 2.17. The van der Waals surface area contributed by atoms with Gasteiger partial charge in [0.1, 0.15) is 5.75 Å². The highest BCUT2D eigenvalue weighted by molar-refractivity contribution is 7.88. The molecule has 0 saturated carbocycles. The van der Waals surface area contributed by atoms with Crippen molar-refractivity contribution in [1.29, 1.82) is 0 Å². The van der Waals surface area contributed by atoms with Gasteiger partial charge in [-0.15, -0.1) is 0 Å². The fourth-order valence-electron chi connectivity index (χ4n) is 2.02. The first-order chi connectivity index (χ1) is 10.9. The molecule has 0 saturated heterocycles. The van der Waals surface area contributed by atoms with Gasteiger partial charge in [0.25, 0.3) is 0 Å². The molecule has 0 fully saturated rings. The molecule has 0 aromatic heterocycles. The zero-order chi connectivity index (χ0) is 17.3. The lowest BCUT2D eigenvalue weighted by atomic mass is 10.1. The smallest absolute Gasteiger partial charge is 0.235 e. The Morgan fingerprint density at radius 2 is 1.96 bits per heavy atom. The summed E-state index contributed by atoms with van der Waals surface area (Å²) >= 11 is 0. The number of nitrogens with zero attached hydrogens (tertiary/aromatic N) is 1. The van der Waals surface area contributed by atoms with Crippen molar-refractivity contribution in [1.82, 2.24) is 9.62 Å². The Hall–Kier alpha value is -1.64. The molecule has 1 amide bonds. The SMILES string of the molecule is COCCN(CC(=O)NCCc1ccccc1OC)S(C)(=O)=O. The monoisotopic (exact) mass is 344 g/mol. The molecule has 7 nitrogen and oxygen atoms in total. The number of para-hydroxylation sites is 1. The van der Waals surface area contributed by atoms with E-state index in [1.807, 2.05) is 24.3 Å². The molecule has 0 heterocycles. The van der Waals surface area contributed by atoms with Crippen molar-refractivity contribution in [2.24, 2.45) is 0 Å². The van der Waals surface area contributed by atoms with Gasteiger partial charge in [0, 0.05) is 20.2 Å². The van der Waals surface area contributed by atoms with Crippen LogP contribution in [0, 0.1) is 0 Å². The van der Waals surface area contributed by atoms with E-state index >= 15 is 0 Å². The molecule has 0 atom stereocenters. The van der Waals surface area contributed by atoms with Crippen molar-refractivity contribution in [3.05, 3.63) is 29.8 Å². The molecule has 1 N–H and O–H groups in total. The van der Waals surface area contributed by atoms with Crippen LogP contribution >= 0.6 is 0 Å². The molecule has 1 aromatic carbocycles. The van der Waals surface area contributed by atoms with Crippen LogP contribution in [0.15, 0.2) is 24.3 Å². The third-order valence-corrected chi connectivity index (χ3v) is 4.49. The van der Waals surface area contributed by atoms with Gasteiger partial charge >= 0.3 is 0 Å². The molecule has 0 spiro atoms. The average molecular weight is 344 g/mol. The first kappa shape index (κ1) is 19.4. The molecule has 130 valence electrons. The number of carbonyl (C=O) groups excluding carboxylic acids is 1. The van der Waals surface area contributed by atoms with Crippen molar-refractivity contribution in [3.8, 4) is 5.75 Å². The van der Waals surface area contributed by atoms with E-state index in [1.54, 1.807) is 7.11 Å². The van der Waals surface area contributed by atoms with Crippen LogP contribution in [0.2, 0.25) is 0 Å². The van der Waals surface area contributed by atoms with Gasteiger partial charge in [-0.2, -0.15) is 4.31 Å². The highest BCUT2D eigenvalue weighted by atomic mass is 32.2. The van der Waals surface area contributed by atoms with E-state index in [2.05, 4.69) is 5.32 Å². The summed E-state index contributed by atoms with van der Waals surface area (Å²) < 4.78 is 34.4. The minimum absolute atomic E-state index is 0.148. The molecule has 0 unspecified atom stereocenters. The van der Waals surface area contributed by atoms with Crippen LogP contribution in [-0.4, -0.2) is 65.3 Å². The first-order valence-corrected chi connectivity index (χ1v) is 9.06. The summed E-state index contributed by atoms with van der Waals surface area (Å²) in [4.78, 5) is 11.9. The largest absolute Gasteiger partial charge is 0.496 e. The van der Waals surface area contributed by atoms with Gasteiger partial charge in [-0.1, -0.05) is 18.2 Å². The number of hydrogen-bond acceptors (Lipinski definition) is 5. The quantitative estimate of drug-likeness (QED) is 0.658. The lowest BCUT2D eigenvalue weighted by molar-refractivity contribution is -0.121. The van der Waals surface area contributed by atoms with Crippen molar-refractivity contribution < 1.29 is 22.7 Å². The summed E-state index contributed by atoms with van der Waals surface area (Å²) in [7, 11) is -0.373. The van der Waals surface area contributed by atoms with E-state index < -0.39 is 10.0 Å². The lowest BCUT2D eigenvalue weighted by Crippen LogP contribution is -2.42. The number of benzene rings is 1. The van der Waals surface area contributed by atoms with Gasteiger partial charge in [-0.05, 0) is 18.1 Å². The van der Waals surface area contributed by atoms with E-state index in [9.17, 15) is 13.2 Å². The number of hydrogen-bond donors (Lipinski definition) is 1. The van der Waals surface area contributed by atoms with Crippen LogP contribution in [0.3, 0.4) is 0 Å². The molecule has 23 heavy (non-hydrogen) atoms. The minimum atomic E-state index is -3.45. The number of carbonyl (C=O) groups is 1. The Kier molecular flexibility index (Phi) is 8.01.